The number of rotatable bonds is 3. The standard InChI is InChI=1S/C17H16ClNO3/c1-21-16-5-3-2-4-14(16)19-17(20)12-8-11-9-13(18)6-7-15(11)22-10-12/h2-7,9,12H,8,10H2,1H3,(H,19,20). The van der Waals surface area contributed by atoms with Gasteiger partial charge in [0.1, 0.15) is 18.1 Å². The summed E-state index contributed by atoms with van der Waals surface area (Å²) in [6.07, 6.45) is 0.608. The van der Waals surface area contributed by atoms with Crippen LogP contribution < -0.4 is 14.8 Å². The Hall–Kier alpha value is -2.20. The number of anilines is 1. The third-order valence-electron chi connectivity index (χ3n) is 3.66. The minimum Gasteiger partial charge on any atom is -0.495 e. The van der Waals surface area contributed by atoms with E-state index in [1.807, 2.05) is 36.4 Å². The maximum Gasteiger partial charge on any atom is 0.231 e. The number of para-hydroxylation sites is 2. The van der Waals surface area contributed by atoms with E-state index in [2.05, 4.69) is 5.32 Å². The van der Waals surface area contributed by atoms with E-state index < -0.39 is 0 Å². The summed E-state index contributed by atoms with van der Waals surface area (Å²) in [4.78, 5) is 12.5. The second-order valence-corrected chi connectivity index (χ2v) is 5.59. The summed E-state index contributed by atoms with van der Waals surface area (Å²) in [5.74, 6) is 1.09. The minimum atomic E-state index is -0.254. The molecule has 0 spiro atoms. The van der Waals surface area contributed by atoms with Gasteiger partial charge in [0, 0.05) is 5.02 Å². The number of carbonyl (C=O) groups is 1. The molecule has 0 bridgehead atoms. The molecule has 0 aliphatic carbocycles. The average Bonchev–Trinajstić information content (AvgIpc) is 2.54. The molecule has 1 aliphatic heterocycles. The van der Waals surface area contributed by atoms with Crippen molar-refractivity contribution in [1.29, 1.82) is 0 Å². The average molecular weight is 318 g/mol. The van der Waals surface area contributed by atoms with Crippen LogP contribution in [0.3, 0.4) is 0 Å². The van der Waals surface area contributed by atoms with Crippen LogP contribution in [0, 0.1) is 5.92 Å². The number of methoxy groups -OCH3 is 1. The summed E-state index contributed by atoms with van der Waals surface area (Å²) in [6.45, 7) is 0.357. The quantitative estimate of drug-likeness (QED) is 0.942. The molecule has 4 nitrogen and oxygen atoms in total. The number of fused-ring (bicyclic) bond motifs is 1. The van der Waals surface area contributed by atoms with Crippen molar-refractivity contribution in [2.24, 2.45) is 5.92 Å². The largest absolute Gasteiger partial charge is 0.495 e. The van der Waals surface area contributed by atoms with Gasteiger partial charge in [0.15, 0.2) is 0 Å². The zero-order valence-corrected chi connectivity index (χ0v) is 12.9. The SMILES string of the molecule is COc1ccccc1NC(=O)C1COc2ccc(Cl)cc2C1. The zero-order chi connectivity index (χ0) is 15.5. The molecular formula is C17H16ClNO3. The van der Waals surface area contributed by atoms with Crippen molar-refractivity contribution < 1.29 is 14.3 Å². The lowest BCUT2D eigenvalue weighted by Gasteiger charge is -2.25. The second kappa shape index (κ2) is 6.28. The van der Waals surface area contributed by atoms with Crippen LogP contribution in [-0.2, 0) is 11.2 Å². The molecule has 0 fully saturated rings. The molecule has 1 heterocycles. The third kappa shape index (κ3) is 3.02. The van der Waals surface area contributed by atoms with Gasteiger partial charge < -0.3 is 14.8 Å². The minimum absolute atomic E-state index is 0.0878. The van der Waals surface area contributed by atoms with Gasteiger partial charge in [0.2, 0.25) is 5.91 Å². The lowest BCUT2D eigenvalue weighted by molar-refractivity contribution is -0.121. The molecule has 0 aromatic heterocycles. The number of carbonyl (C=O) groups excluding carboxylic acids is 1. The highest BCUT2D eigenvalue weighted by Crippen LogP contribution is 2.31. The third-order valence-corrected chi connectivity index (χ3v) is 3.90. The molecule has 0 saturated carbocycles. The first-order valence-corrected chi connectivity index (χ1v) is 7.40. The fourth-order valence-electron chi connectivity index (χ4n) is 2.51. The van der Waals surface area contributed by atoms with Gasteiger partial charge in [-0.05, 0) is 42.3 Å². The van der Waals surface area contributed by atoms with E-state index >= 15 is 0 Å². The molecule has 1 unspecified atom stereocenters. The van der Waals surface area contributed by atoms with Crippen LogP contribution in [0.25, 0.3) is 0 Å². The number of nitrogens with one attached hydrogen (secondary N) is 1. The first-order chi connectivity index (χ1) is 10.7. The lowest BCUT2D eigenvalue weighted by atomic mass is 9.96. The normalized spacial score (nSPS) is 16.4. The van der Waals surface area contributed by atoms with E-state index in [1.54, 1.807) is 13.2 Å². The van der Waals surface area contributed by atoms with E-state index in [1.165, 1.54) is 0 Å². The van der Waals surface area contributed by atoms with E-state index in [4.69, 9.17) is 21.1 Å². The molecule has 0 saturated heterocycles. The van der Waals surface area contributed by atoms with Crippen LogP contribution >= 0.6 is 11.6 Å². The van der Waals surface area contributed by atoms with E-state index in [0.29, 0.717) is 29.5 Å². The fourth-order valence-corrected chi connectivity index (χ4v) is 2.71. The van der Waals surface area contributed by atoms with Crippen molar-refractivity contribution in [2.75, 3.05) is 19.0 Å². The Kier molecular flexibility index (Phi) is 4.20. The molecule has 1 atom stereocenters. The van der Waals surface area contributed by atoms with Crippen molar-refractivity contribution in [3.05, 3.63) is 53.1 Å². The van der Waals surface area contributed by atoms with Crippen LogP contribution in [-0.4, -0.2) is 19.6 Å². The molecule has 1 aliphatic rings. The molecule has 1 amide bonds. The van der Waals surface area contributed by atoms with Gasteiger partial charge >= 0.3 is 0 Å². The van der Waals surface area contributed by atoms with Crippen LogP contribution in [0.1, 0.15) is 5.56 Å². The Morgan fingerprint density at radius 3 is 2.95 bits per heavy atom. The van der Waals surface area contributed by atoms with E-state index in [0.717, 1.165) is 11.3 Å². The van der Waals surface area contributed by atoms with Crippen molar-refractivity contribution in [3.63, 3.8) is 0 Å². The molecule has 2 aromatic carbocycles. The van der Waals surface area contributed by atoms with Gasteiger partial charge in [-0.15, -0.1) is 0 Å². The Morgan fingerprint density at radius 2 is 2.14 bits per heavy atom. The van der Waals surface area contributed by atoms with Crippen LogP contribution in [0.15, 0.2) is 42.5 Å². The molecule has 3 rings (SSSR count). The van der Waals surface area contributed by atoms with Gasteiger partial charge in [0.25, 0.3) is 0 Å². The number of hydrogen-bond donors (Lipinski definition) is 1. The monoisotopic (exact) mass is 317 g/mol. The van der Waals surface area contributed by atoms with Crippen molar-refractivity contribution in [3.8, 4) is 11.5 Å². The Labute approximate surface area is 134 Å². The predicted octanol–water partition coefficient (Wildman–Crippen LogP) is 3.54. The number of halogens is 1. The molecule has 5 heteroatoms. The maximum absolute atomic E-state index is 12.5. The highest BCUT2D eigenvalue weighted by molar-refractivity contribution is 6.30. The zero-order valence-electron chi connectivity index (χ0n) is 12.1. The molecule has 0 radical (unpaired) electrons. The van der Waals surface area contributed by atoms with Crippen LogP contribution in [0.5, 0.6) is 11.5 Å². The molecule has 114 valence electrons. The highest BCUT2D eigenvalue weighted by Gasteiger charge is 2.26. The van der Waals surface area contributed by atoms with Gasteiger partial charge in [-0.1, -0.05) is 23.7 Å². The van der Waals surface area contributed by atoms with Gasteiger partial charge in [-0.3, -0.25) is 4.79 Å². The number of hydrogen-bond acceptors (Lipinski definition) is 3. The molecule has 2 aromatic rings. The Bertz CT molecular complexity index is 702. The second-order valence-electron chi connectivity index (χ2n) is 5.15. The number of benzene rings is 2. The van der Waals surface area contributed by atoms with Gasteiger partial charge in [-0.2, -0.15) is 0 Å². The lowest BCUT2D eigenvalue weighted by Crippen LogP contribution is -2.32. The van der Waals surface area contributed by atoms with Crippen molar-refractivity contribution >= 4 is 23.2 Å². The summed E-state index contributed by atoms with van der Waals surface area (Å²) in [6, 6.07) is 12.8. The topological polar surface area (TPSA) is 47.6 Å². The number of amides is 1. The van der Waals surface area contributed by atoms with Crippen molar-refractivity contribution in [2.45, 2.75) is 6.42 Å². The number of ether oxygens (including phenoxy) is 2. The Balaban J connectivity index is 1.74. The Morgan fingerprint density at radius 1 is 1.32 bits per heavy atom. The fraction of sp³-hybridized carbons (Fsp3) is 0.235. The van der Waals surface area contributed by atoms with Gasteiger partial charge in [0.05, 0.1) is 18.7 Å². The summed E-state index contributed by atoms with van der Waals surface area (Å²) in [5.41, 5.74) is 1.62. The summed E-state index contributed by atoms with van der Waals surface area (Å²) >= 11 is 6.00. The smallest absolute Gasteiger partial charge is 0.231 e. The highest BCUT2D eigenvalue weighted by atomic mass is 35.5. The van der Waals surface area contributed by atoms with Crippen LogP contribution in [0.4, 0.5) is 5.69 Å². The summed E-state index contributed by atoms with van der Waals surface area (Å²) < 4.78 is 10.9. The molecule has 1 N–H and O–H groups in total. The summed E-state index contributed by atoms with van der Waals surface area (Å²) in [5, 5.41) is 3.55. The maximum atomic E-state index is 12.5. The summed E-state index contributed by atoms with van der Waals surface area (Å²) in [7, 11) is 1.58. The first kappa shape index (κ1) is 14.7. The van der Waals surface area contributed by atoms with E-state index in [9.17, 15) is 4.79 Å². The van der Waals surface area contributed by atoms with Crippen LogP contribution in [0.2, 0.25) is 5.02 Å². The van der Waals surface area contributed by atoms with E-state index in [-0.39, 0.29) is 11.8 Å². The molecule has 22 heavy (non-hydrogen) atoms. The predicted molar refractivity (Wildman–Crippen MR) is 85.8 cm³/mol. The molecular weight excluding hydrogens is 302 g/mol. The first-order valence-electron chi connectivity index (χ1n) is 7.02. The van der Waals surface area contributed by atoms with Crippen molar-refractivity contribution in [1.82, 2.24) is 0 Å². The van der Waals surface area contributed by atoms with Gasteiger partial charge in [-0.25, -0.2) is 0 Å².